The second kappa shape index (κ2) is 7.21. The maximum absolute atomic E-state index is 3.31. The van der Waals surface area contributed by atoms with Crippen molar-refractivity contribution in [3.05, 3.63) is 53.6 Å². The zero-order valence-corrected chi connectivity index (χ0v) is 14.2. The Kier molecular flexibility index (Phi) is 5.06. The maximum atomic E-state index is 3.31. The van der Waals surface area contributed by atoms with E-state index in [1.165, 1.54) is 52.5 Å². The molecule has 3 rings (SSSR count). The van der Waals surface area contributed by atoms with Crippen molar-refractivity contribution in [1.29, 1.82) is 0 Å². The summed E-state index contributed by atoms with van der Waals surface area (Å²) in [7, 11) is 2.02. The van der Waals surface area contributed by atoms with Gasteiger partial charge in [-0.15, -0.1) is 0 Å². The highest BCUT2D eigenvalue weighted by Crippen LogP contribution is 2.33. The molecule has 0 spiro atoms. The van der Waals surface area contributed by atoms with E-state index in [9.17, 15) is 0 Å². The molecular weight excluding hydrogens is 288 g/mol. The summed E-state index contributed by atoms with van der Waals surface area (Å²) in [6.45, 7) is 5.44. The first kappa shape index (κ1) is 15.4. The third kappa shape index (κ3) is 3.65. The van der Waals surface area contributed by atoms with Gasteiger partial charge in [0, 0.05) is 35.1 Å². The lowest BCUT2D eigenvalue weighted by Gasteiger charge is -2.20. The number of nitrogens with zero attached hydrogens (tertiary/aromatic N) is 1. The molecule has 116 valence electrons. The lowest BCUT2D eigenvalue weighted by molar-refractivity contribution is 0.801. The second-order valence-corrected chi connectivity index (χ2v) is 7.05. The number of rotatable bonds is 5. The molecule has 0 radical (unpaired) electrons. The van der Waals surface area contributed by atoms with Gasteiger partial charge in [-0.05, 0) is 62.7 Å². The van der Waals surface area contributed by atoms with Crippen LogP contribution in [0.5, 0.6) is 0 Å². The molecule has 1 fully saturated rings. The second-order valence-electron chi connectivity index (χ2n) is 5.93. The molecule has 1 heterocycles. The normalized spacial score (nSPS) is 14.5. The Hall–Kier alpha value is -1.45. The molecule has 0 amide bonds. The molecule has 2 nitrogen and oxygen atoms in total. The standard InChI is InChI=1S/C19H24N2S/c1-15-5-8-18(9-6-15)22-19-10-7-17(13-16(19)14-20-2)21-11-3-4-12-21/h5-10,13,20H,3-4,11-12,14H2,1-2H3. The number of benzene rings is 2. The van der Waals surface area contributed by atoms with Gasteiger partial charge in [0.1, 0.15) is 0 Å². The number of nitrogens with one attached hydrogen (secondary N) is 1. The van der Waals surface area contributed by atoms with Crippen molar-refractivity contribution >= 4 is 17.4 Å². The van der Waals surface area contributed by atoms with E-state index in [1.807, 2.05) is 18.8 Å². The van der Waals surface area contributed by atoms with Crippen LogP contribution >= 0.6 is 11.8 Å². The molecule has 0 unspecified atom stereocenters. The third-order valence-corrected chi connectivity index (χ3v) is 5.26. The van der Waals surface area contributed by atoms with Gasteiger partial charge in [0.05, 0.1) is 0 Å². The maximum Gasteiger partial charge on any atom is 0.0370 e. The molecule has 0 aliphatic carbocycles. The predicted octanol–water partition coefficient (Wildman–Crippen LogP) is 4.47. The number of hydrogen-bond donors (Lipinski definition) is 1. The van der Waals surface area contributed by atoms with Crippen LogP contribution in [0.4, 0.5) is 5.69 Å². The highest BCUT2D eigenvalue weighted by molar-refractivity contribution is 7.99. The molecular formula is C19H24N2S. The molecule has 1 aliphatic heterocycles. The fourth-order valence-corrected chi connectivity index (χ4v) is 3.82. The summed E-state index contributed by atoms with van der Waals surface area (Å²) in [6.07, 6.45) is 2.64. The van der Waals surface area contributed by atoms with E-state index in [1.54, 1.807) is 0 Å². The van der Waals surface area contributed by atoms with Gasteiger partial charge in [-0.1, -0.05) is 29.5 Å². The first-order chi connectivity index (χ1) is 10.8. The SMILES string of the molecule is CNCc1cc(N2CCCC2)ccc1Sc1ccc(C)cc1. The molecule has 1 saturated heterocycles. The topological polar surface area (TPSA) is 15.3 Å². The zero-order chi connectivity index (χ0) is 15.4. The molecule has 3 heteroatoms. The minimum absolute atomic E-state index is 0.913. The van der Waals surface area contributed by atoms with Gasteiger partial charge in [-0.3, -0.25) is 0 Å². The van der Waals surface area contributed by atoms with Crippen LogP contribution in [0, 0.1) is 6.92 Å². The minimum Gasteiger partial charge on any atom is -0.372 e. The van der Waals surface area contributed by atoms with E-state index in [2.05, 4.69) is 59.6 Å². The van der Waals surface area contributed by atoms with Crippen LogP contribution in [-0.4, -0.2) is 20.1 Å². The Balaban J connectivity index is 1.84. The minimum atomic E-state index is 0.913. The summed E-state index contributed by atoms with van der Waals surface area (Å²) in [5.74, 6) is 0. The quantitative estimate of drug-likeness (QED) is 0.877. The molecule has 1 aliphatic rings. The molecule has 0 atom stereocenters. The highest BCUT2D eigenvalue weighted by Gasteiger charge is 2.14. The summed E-state index contributed by atoms with van der Waals surface area (Å²) < 4.78 is 0. The van der Waals surface area contributed by atoms with E-state index in [0.717, 1.165) is 6.54 Å². The Bertz CT molecular complexity index is 616. The lowest BCUT2D eigenvalue weighted by atomic mass is 10.2. The van der Waals surface area contributed by atoms with Gasteiger partial charge in [0.15, 0.2) is 0 Å². The molecule has 22 heavy (non-hydrogen) atoms. The summed E-state index contributed by atoms with van der Waals surface area (Å²) in [5.41, 5.74) is 4.07. The van der Waals surface area contributed by atoms with E-state index in [4.69, 9.17) is 0 Å². The monoisotopic (exact) mass is 312 g/mol. The van der Waals surface area contributed by atoms with Crippen molar-refractivity contribution in [2.24, 2.45) is 0 Å². The fourth-order valence-electron chi connectivity index (χ4n) is 2.90. The molecule has 0 saturated carbocycles. The number of anilines is 1. The first-order valence-corrected chi connectivity index (χ1v) is 8.85. The van der Waals surface area contributed by atoms with Crippen molar-refractivity contribution < 1.29 is 0 Å². The van der Waals surface area contributed by atoms with Gasteiger partial charge in [0.2, 0.25) is 0 Å². The van der Waals surface area contributed by atoms with Crippen LogP contribution in [0.2, 0.25) is 0 Å². The van der Waals surface area contributed by atoms with Crippen molar-refractivity contribution in [3.63, 3.8) is 0 Å². The van der Waals surface area contributed by atoms with Crippen molar-refractivity contribution in [2.75, 3.05) is 25.0 Å². The van der Waals surface area contributed by atoms with E-state index >= 15 is 0 Å². The lowest BCUT2D eigenvalue weighted by Crippen LogP contribution is -2.18. The molecule has 0 bridgehead atoms. The van der Waals surface area contributed by atoms with Gasteiger partial charge < -0.3 is 10.2 Å². The van der Waals surface area contributed by atoms with Crippen molar-refractivity contribution in [2.45, 2.75) is 36.1 Å². The summed E-state index contributed by atoms with van der Waals surface area (Å²) in [6, 6.07) is 15.7. The Morgan fingerprint density at radius 1 is 1.05 bits per heavy atom. The van der Waals surface area contributed by atoms with Gasteiger partial charge in [0.25, 0.3) is 0 Å². The van der Waals surface area contributed by atoms with Crippen LogP contribution in [0.15, 0.2) is 52.3 Å². The molecule has 2 aromatic carbocycles. The Morgan fingerprint density at radius 2 is 1.77 bits per heavy atom. The van der Waals surface area contributed by atoms with Gasteiger partial charge in [-0.2, -0.15) is 0 Å². The van der Waals surface area contributed by atoms with Gasteiger partial charge in [-0.25, -0.2) is 0 Å². The van der Waals surface area contributed by atoms with E-state index in [-0.39, 0.29) is 0 Å². The van der Waals surface area contributed by atoms with Crippen LogP contribution in [0.25, 0.3) is 0 Å². The number of aryl methyl sites for hydroxylation is 1. The Morgan fingerprint density at radius 3 is 2.45 bits per heavy atom. The largest absolute Gasteiger partial charge is 0.372 e. The number of hydrogen-bond acceptors (Lipinski definition) is 3. The van der Waals surface area contributed by atoms with Gasteiger partial charge >= 0.3 is 0 Å². The summed E-state index contributed by atoms with van der Waals surface area (Å²) in [4.78, 5) is 5.15. The molecule has 1 N–H and O–H groups in total. The average Bonchev–Trinajstić information content (AvgIpc) is 3.06. The highest BCUT2D eigenvalue weighted by atomic mass is 32.2. The predicted molar refractivity (Wildman–Crippen MR) is 96.0 cm³/mol. The van der Waals surface area contributed by atoms with Crippen LogP contribution in [-0.2, 0) is 6.54 Å². The van der Waals surface area contributed by atoms with E-state index in [0.29, 0.717) is 0 Å². The first-order valence-electron chi connectivity index (χ1n) is 8.03. The summed E-state index contributed by atoms with van der Waals surface area (Å²) >= 11 is 1.86. The van der Waals surface area contributed by atoms with Crippen LogP contribution in [0.1, 0.15) is 24.0 Å². The smallest absolute Gasteiger partial charge is 0.0370 e. The zero-order valence-electron chi connectivity index (χ0n) is 13.4. The summed E-state index contributed by atoms with van der Waals surface area (Å²) in [5, 5.41) is 3.31. The van der Waals surface area contributed by atoms with Crippen molar-refractivity contribution in [3.8, 4) is 0 Å². The molecule has 0 aromatic heterocycles. The fraction of sp³-hybridized carbons (Fsp3) is 0.368. The van der Waals surface area contributed by atoms with Crippen molar-refractivity contribution in [1.82, 2.24) is 5.32 Å². The molecule has 2 aromatic rings. The Labute approximate surface area is 137 Å². The van der Waals surface area contributed by atoms with Crippen LogP contribution < -0.4 is 10.2 Å². The van der Waals surface area contributed by atoms with E-state index < -0.39 is 0 Å². The third-order valence-electron chi connectivity index (χ3n) is 4.13. The average molecular weight is 312 g/mol. The van der Waals surface area contributed by atoms with Crippen LogP contribution in [0.3, 0.4) is 0 Å².